The molecule has 0 spiro atoms. The van der Waals surface area contributed by atoms with Crippen molar-refractivity contribution < 1.29 is 4.79 Å². The van der Waals surface area contributed by atoms with Gasteiger partial charge in [0.05, 0.1) is 0 Å². The van der Waals surface area contributed by atoms with Gasteiger partial charge in [0.2, 0.25) is 0 Å². The van der Waals surface area contributed by atoms with Gasteiger partial charge in [0, 0.05) is 18.8 Å². The van der Waals surface area contributed by atoms with Gasteiger partial charge in [-0.05, 0) is 18.6 Å². The average Bonchev–Trinajstić information content (AvgIpc) is 2.77. The van der Waals surface area contributed by atoms with Crippen LogP contribution in [0.2, 0.25) is 0 Å². The molecule has 1 rings (SSSR count). The molecule has 4 N–H and O–H groups in total. The van der Waals surface area contributed by atoms with Crippen LogP contribution in [-0.4, -0.2) is 23.5 Å². The average molecular weight is 209 g/mol. The van der Waals surface area contributed by atoms with Crippen molar-refractivity contribution in [2.24, 2.45) is 5.73 Å². The van der Waals surface area contributed by atoms with E-state index in [9.17, 15) is 4.79 Å². The van der Waals surface area contributed by atoms with Crippen molar-refractivity contribution in [1.29, 1.82) is 0 Å². The summed E-state index contributed by atoms with van der Waals surface area (Å²) < 4.78 is 0. The van der Waals surface area contributed by atoms with Crippen LogP contribution in [0.4, 0.5) is 0 Å². The lowest BCUT2D eigenvalue weighted by Crippen LogP contribution is -2.40. The summed E-state index contributed by atoms with van der Waals surface area (Å²) in [6.45, 7) is 2.62. The first-order chi connectivity index (χ1) is 7.27. The van der Waals surface area contributed by atoms with Gasteiger partial charge >= 0.3 is 0 Å². The summed E-state index contributed by atoms with van der Waals surface area (Å²) in [5.74, 6) is -0.0773. The summed E-state index contributed by atoms with van der Waals surface area (Å²) in [6, 6.07) is 3.64. The predicted octanol–water partition coefficient (Wildman–Crippen LogP) is 1.26. The van der Waals surface area contributed by atoms with Gasteiger partial charge in [-0.3, -0.25) is 4.79 Å². The number of carbonyl (C=O) groups excluding carboxylic acids is 1. The molecule has 0 radical (unpaired) electrons. The van der Waals surface area contributed by atoms with Gasteiger partial charge in [-0.1, -0.05) is 19.8 Å². The highest BCUT2D eigenvalue weighted by molar-refractivity contribution is 5.92. The Morgan fingerprint density at radius 2 is 2.47 bits per heavy atom. The van der Waals surface area contributed by atoms with Gasteiger partial charge in [-0.2, -0.15) is 0 Å². The Balaban J connectivity index is 2.41. The molecule has 0 aliphatic rings. The summed E-state index contributed by atoms with van der Waals surface area (Å²) in [5, 5.41) is 2.91. The maximum absolute atomic E-state index is 11.6. The van der Waals surface area contributed by atoms with Crippen LogP contribution in [0.15, 0.2) is 18.3 Å². The number of nitrogens with one attached hydrogen (secondary N) is 2. The number of carbonyl (C=O) groups is 1. The quantitative estimate of drug-likeness (QED) is 0.660. The van der Waals surface area contributed by atoms with Crippen LogP contribution >= 0.6 is 0 Å². The van der Waals surface area contributed by atoms with Crippen molar-refractivity contribution in [2.75, 3.05) is 6.54 Å². The van der Waals surface area contributed by atoms with Gasteiger partial charge in [0.15, 0.2) is 0 Å². The van der Waals surface area contributed by atoms with Crippen LogP contribution in [0.25, 0.3) is 0 Å². The molecule has 0 saturated carbocycles. The highest BCUT2D eigenvalue weighted by Gasteiger charge is 2.11. The lowest BCUT2D eigenvalue weighted by molar-refractivity contribution is 0.0931. The minimum absolute atomic E-state index is 0.0773. The second-order valence-electron chi connectivity index (χ2n) is 3.63. The van der Waals surface area contributed by atoms with Crippen LogP contribution in [0.5, 0.6) is 0 Å². The number of H-pyrrole nitrogens is 1. The Hall–Kier alpha value is -1.29. The fraction of sp³-hybridized carbons (Fsp3) is 0.545. The minimum atomic E-state index is -0.0773. The maximum atomic E-state index is 11.6. The highest BCUT2D eigenvalue weighted by atomic mass is 16.1. The van der Waals surface area contributed by atoms with E-state index < -0.39 is 0 Å². The summed E-state index contributed by atoms with van der Waals surface area (Å²) in [6.07, 6.45) is 4.89. The molecule has 1 aromatic heterocycles. The van der Waals surface area contributed by atoms with Crippen LogP contribution < -0.4 is 11.1 Å². The Morgan fingerprint density at radius 1 is 1.67 bits per heavy atom. The van der Waals surface area contributed by atoms with E-state index in [0.717, 1.165) is 19.3 Å². The van der Waals surface area contributed by atoms with E-state index in [2.05, 4.69) is 17.2 Å². The first-order valence-corrected chi connectivity index (χ1v) is 5.42. The summed E-state index contributed by atoms with van der Waals surface area (Å²) in [7, 11) is 0. The third kappa shape index (κ3) is 3.75. The fourth-order valence-corrected chi connectivity index (χ4v) is 1.43. The number of hydrogen-bond donors (Lipinski definition) is 3. The van der Waals surface area contributed by atoms with E-state index in [0.29, 0.717) is 12.2 Å². The number of hydrogen-bond acceptors (Lipinski definition) is 2. The zero-order valence-corrected chi connectivity index (χ0v) is 9.12. The van der Waals surface area contributed by atoms with Crippen molar-refractivity contribution in [3.05, 3.63) is 24.0 Å². The van der Waals surface area contributed by atoms with Gasteiger partial charge in [-0.25, -0.2) is 0 Å². The Labute approximate surface area is 90.2 Å². The molecule has 84 valence electrons. The van der Waals surface area contributed by atoms with Crippen molar-refractivity contribution in [3.8, 4) is 0 Å². The molecule has 4 nitrogen and oxygen atoms in total. The lowest BCUT2D eigenvalue weighted by atomic mass is 10.1. The number of unbranched alkanes of at least 4 members (excludes halogenated alkanes) is 1. The number of nitrogens with two attached hydrogens (primary N) is 1. The minimum Gasteiger partial charge on any atom is -0.357 e. The third-order valence-corrected chi connectivity index (χ3v) is 2.37. The van der Waals surface area contributed by atoms with Crippen molar-refractivity contribution in [1.82, 2.24) is 10.3 Å². The lowest BCUT2D eigenvalue weighted by Gasteiger charge is -2.15. The molecule has 1 atom stereocenters. The largest absolute Gasteiger partial charge is 0.357 e. The molecular weight excluding hydrogens is 190 g/mol. The van der Waals surface area contributed by atoms with Gasteiger partial charge in [0.25, 0.3) is 5.91 Å². The van der Waals surface area contributed by atoms with Crippen LogP contribution in [0.1, 0.15) is 36.7 Å². The molecule has 1 heterocycles. The standard InChI is InChI=1S/C11H19N3O/c1-2-3-5-9(8-12)14-11(15)10-6-4-7-13-10/h4,6-7,9,13H,2-3,5,8,12H2,1H3,(H,14,15). The molecular formula is C11H19N3O. The molecule has 0 aliphatic heterocycles. The molecule has 0 aromatic carbocycles. The SMILES string of the molecule is CCCCC(CN)NC(=O)c1ccc[nH]1. The zero-order chi connectivity index (χ0) is 11.1. The number of amides is 1. The van der Waals surface area contributed by atoms with Crippen LogP contribution in [0.3, 0.4) is 0 Å². The summed E-state index contributed by atoms with van der Waals surface area (Å²) in [5.41, 5.74) is 6.18. The monoisotopic (exact) mass is 209 g/mol. The summed E-state index contributed by atoms with van der Waals surface area (Å²) >= 11 is 0. The number of aromatic amines is 1. The van der Waals surface area contributed by atoms with Gasteiger partial charge in [-0.15, -0.1) is 0 Å². The normalized spacial score (nSPS) is 12.4. The molecule has 0 saturated heterocycles. The molecule has 1 aromatic rings. The first kappa shape index (κ1) is 11.8. The molecule has 0 bridgehead atoms. The van der Waals surface area contributed by atoms with Crippen LogP contribution in [-0.2, 0) is 0 Å². The van der Waals surface area contributed by atoms with E-state index in [4.69, 9.17) is 5.73 Å². The van der Waals surface area contributed by atoms with E-state index in [-0.39, 0.29) is 11.9 Å². The Bertz CT molecular complexity index is 282. The highest BCUT2D eigenvalue weighted by Crippen LogP contribution is 2.01. The van der Waals surface area contributed by atoms with Crippen molar-refractivity contribution in [2.45, 2.75) is 32.2 Å². The van der Waals surface area contributed by atoms with Crippen LogP contribution in [0, 0.1) is 0 Å². The predicted molar refractivity (Wildman–Crippen MR) is 60.6 cm³/mol. The smallest absolute Gasteiger partial charge is 0.267 e. The van der Waals surface area contributed by atoms with E-state index in [1.807, 2.05) is 0 Å². The second-order valence-corrected chi connectivity index (χ2v) is 3.63. The second kappa shape index (κ2) is 6.24. The van der Waals surface area contributed by atoms with E-state index in [1.54, 1.807) is 18.3 Å². The van der Waals surface area contributed by atoms with Crippen molar-refractivity contribution >= 4 is 5.91 Å². The number of aromatic nitrogens is 1. The Morgan fingerprint density at radius 3 is 3.00 bits per heavy atom. The topological polar surface area (TPSA) is 70.9 Å². The van der Waals surface area contributed by atoms with Crippen molar-refractivity contribution in [3.63, 3.8) is 0 Å². The number of rotatable bonds is 6. The van der Waals surface area contributed by atoms with E-state index in [1.165, 1.54) is 0 Å². The maximum Gasteiger partial charge on any atom is 0.267 e. The molecule has 0 aliphatic carbocycles. The zero-order valence-electron chi connectivity index (χ0n) is 9.12. The first-order valence-electron chi connectivity index (χ1n) is 5.42. The third-order valence-electron chi connectivity index (χ3n) is 2.37. The molecule has 1 amide bonds. The fourth-order valence-electron chi connectivity index (χ4n) is 1.43. The van der Waals surface area contributed by atoms with Gasteiger partial charge < -0.3 is 16.0 Å². The molecule has 4 heteroatoms. The molecule has 1 unspecified atom stereocenters. The molecule has 0 fully saturated rings. The van der Waals surface area contributed by atoms with E-state index >= 15 is 0 Å². The Kier molecular flexibility index (Phi) is 4.90. The van der Waals surface area contributed by atoms with Gasteiger partial charge in [0.1, 0.15) is 5.69 Å². The summed E-state index contributed by atoms with van der Waals surface area (Å²) in [4.78, 5) is 14.5. The molecule has 15 heavy (non-hydrogen) atoms.